The molecule has 0 radical (unpaired) electrons. The molecule has 0 bridgehead atoms. The normalized spacial score (nSPS) is 13.8. The zero-order chi connectivity index (χ0) is 27.8. The number of anilines is 2. The van der Waals surface area contributed by atoms with E-state index in [4.69, 9.17) is 35.4 Å². The molecule has 2 heterocycles. The fourth-order valence-electron chi connectivity index (χ4n) is 4.85. The molecule has 0 atom stereocenters. The first-order chi connectivity index (χ1) is 19.4. The van der Waals surface area contributed by atoms with Gasteiger partial charge >= 0.3 is 0 Å². The molecule has 4 aromatic carbocycles. The van der Waals surface area contributed by atoms with Crippen LogP contribution in [0.25, 0.3) is 17.0 Å². The molecule has 2 amide bonds. The summed E-state index contributed by atoms with van der Waals surface area (Å²) >= 11 is 18.3. The Bertz CT molecular complexity index is 1750. The highest BCUT2D eigenvalue weighted by atomic mass is 35.5. The number of aromatic nitrogens is 1. The first kappa shape index (κ1) is 26.0. The van der Waals surface area contributed by atoms with Crippen molar-refractivity contribution in [2.24, 2.45) is 0 Å². The van der Waals surface area contributed by atoms with E-state index in [1.807, 2.05) is 77.5 Å². The van der Waals surface area contributed by atoms with Crippen LogP contribution in [0.1, 0.15) is 11.1 Å². The lowest BCUT2D eigenvalue weighted by molar-refractivity contribution is -0.120. The van der Waals surface area contributed by atoms with E-state index in [0.717, 1.165) is 22.0 Å². The summed E-state index contributed by atoms with van der Waals surface area (Å²) in [6.07, 6.45) is 3.58. The molecule has 5 nitrogen and oxygen atoms in total. The van der Waals surface area contributed by atoms with Gasteiger partial charge in [0.05, 0.1) is 11.4 Å². The molecular weight excluding hydrogens is 561 g/mol. The van der Waals surface area contributed by atoms with Gasteiger partial charge < -0.3 is 4.57 Å². The lowest BCUT2D eigenvalue weighted by Gasteiger charge is -2.36. The summed E-state index contributed by atoms with van der Waals surface area (Å²) in [7, 11) is 0. The quantitative estimate of drug-likeness (QED) is 0.121. The van der Waals surface area contributed by atoms with E-state index >= 15 is 0 Å². The van der Waals surface area contributed by atoms with Crippen LogP contribution < -0.4 is 9.80 Å². The highest BCUT2D eigenvalue weighted by Crippen LogP contribution is 2.32. The van der Waals surface area contributed by atoms with Crippen molar-refractivity contribution in [3.8, 4) is 0 Å². The van der Waals surface area contributed by atoms with Crippen LogP contribution in [0, 0.1) is 0 Å². The van der Waals surface area contributed by atoms with Crippen LogP contribution in [0.2, 0.25) is 10.0 Å². The molecule has 0 aliphatic carbocycles. The van der Waals surface area contributed by atoms with Gasteiger partial charge in [-0.05, 0) is 66.3 Å². The molecule has 0 N–H and O–H groups in total. The van der Waals surface area contributed by atoms with Crippen LogP contribution in [0.5, 0.6) is 0 Å². The van der Waals surface area contributed by atoms with Crippen LogP contribution in [-0.2, 0) is 16.1 Å². The van der Waals surface area contributed by atoms with Crippen molar-refractivity contribution >= 4 is 80.7 Å². The molecule has 0 saturated carbocycles. The number of benzene rings is 4. The third-order valence-corrected chi connectivity index (χ3v) is 7.71. The van der Waals surface area contributed by atoms with Crippen LogP contribution in [0.3, 0.4) is 0 Å². The Morgan fingerprint density at radius 2 is 1.30 bits per heavy atom. The van der Waals surface area contributed by atoms with Gasteiger partial charge in [-0.15, -0.1) is 0 Å². The van der Waals surface area contributed by atoms with E-state index < -0.39 is 11.8 Å². The fraction of sp³-hybridized carbons (Fsp3) is 0.0312. The maximum absolute atomic E-state index is 13.9. The second kappa shape index (κ2) is 10.7. The summed E-state index contributed by atoms with van der Waals surface area (Å²) in [4.78, 5) is 30.7. The smallest absolute Gasteiger partial charge is 0.270 e. The van der Waals surface area contributed by atoms with E-state index in [1.54, 1.807) is 42.5 Å². The average Bonchev–Trinajstić information content (AvgIpc) is 3.31. The summed E-state index contributed by atoms with van der Waals surface area (Å²) in [6, 6.07) is 31.4. The maximum Gasteiger partial charge on any atom is 0.270 e. The van der Waals surface area contributed by atoms with Crippen LogP contribution in [0.4, 0.5) is 11.4 Å². The van der Waals surface area contributed by atoms with Gasteiger partial charge in [0.2, 0.25) is 0 Å². The fourth-order valence-corrected chi connectivity index (χ4v) is 5.69. The van der Waals surface area contributed by atoms with Gasteiger partial charge in [0.25, 0.3) is 11.8 Å². The Hall–Kier alpha value is -4.23. The minimum atomic E-state index is -0.481. The lowest BCUT2D eigenvalue weighted by atomic mass is 10.0. The summed E-state index contributed by atoms with van der Waals surface area (Å²) < 4.78 is 2.04. The van der Waals surface area contributed by atoms with Gasteiger partial charge in [-0.25, -0.2) is 0 Å². The highest BCUT2D eigenvalue weighted by molar-refractivity contribution is 7.81. The second-order valence-corrected chi connectivity index (χ2v) is 10.5. The maximum atomic E-state index is 13.9. The number of halogens is 2. The summed E-state index contributed by atoms with van der Waals surface area (Å²) in [5.74, 6) is -0.961. The zero-order valence-electron chi connectivity index (χ0n) is 21.0. The molecular formula is C32H21Cl2N3O2S. The van der Waals surface area contributed by atoms with E-state index in [0.29, 0.717) is 28.0 Å². The minimum Gasteiger partial charge on any atom is -0.342 e. The number of rotatable bonds is 5. The predicted molar refractivity (Wildman–Crippen MR) is 166 cm³/mol. The van der Waals surface area contributed by atoms with Crippen LogP contribution in [0.15, 0.2) is 115 Å². The number of carbonyl (C=O) groups excluding carboxylic acids is 2. The molecule has 8 heteroatoms. The number of fused-ring (bicyclic) bond motifs is 1. The Labute approximate surface area is 246 Å². The van der Waals surface area contributed by atoms with E-state index in [9.17, 15) is 9.59 Å². The average molecular weight is 583 g/mol. The third kappa shape index (κ3) is 4.71. The SMILES string of the molecule is O=C1C(=Cc2cn(Cc3ccc(Cl)cc3Cl)c3ccccc23)C(=O)N(c2ccccc2)C(=S)N1c1ccccc1. The highest BCUT2D eigenvalue weighted by Gasteiger charge is 2.41. The monoisotopic (exact) mass is 581 g/mol. The van der Waals surface area contributed by atoms with E-state index in [-0.39, 0.29) is 10.7 Å². The molecule has 1 fully saturated rings. The number of nitrogens with zero attached hydrogens (tertiary/aromatic N) is 3. The van der Waals surface area contributed by atoms with Crippen molar-refractivity contribution < 1.29 is 9.59 Å². The van der Waals surface area contributed by atoms with Crippen molar-refractivity contribution in [2.75, 3.05) is 9.80 Å². The third-order valence-electron chi connectivity index (χ3n) is 6.75. The Morgan fingerprint density at radius 3 is 1.90 bits per heavy atom. The molecule has 0 unspecified atom stereocenters. The first-order valence-corrected chi connectivity index (χ1v) is 13.7. The van der Waals surface area contributed by atoms with Crippen molar-refractivity contribution in [3.05, 3.63) is 136 Å². The molecule has 40 heavy (non-hydrogen) atoms. The molecule has 1 aliphatic heterocycles. The van der Waals surface area contributed by atoms with Gasteiger partial charge in [-0.2, -0.15) is 0 Å². The van der Waals surface area contributed by atoms with Crippen molar-refractivity contribution in [2.45, 2.75) is 6.54 Å². The van der Waals surface area contributed by atoms with Gasteiger partial charge in [0.1, 0.15) is 5.57 Å². The molecule has 1 aliphatic rings. The number of hydrogen-bond acceptors (Lipinski definition) is 3. The molecule has 0 spiro atoms. The topological polar surface area (TPSA) is 45.6 Å². The Morgan fingerprint density at radius 1 is 0.725 bits per heavy atom. The number of para-hydroxylation sites is 3. The van der Waals surface area contributed by atoms with Gasteiger partial charge in [-0.1, -0.05) is 83.9 Å². The van der Waals surface area contributed by atoms with Gasteiger partial charge in [0.15, 0.2) is 5.11 Å². The molecule has 1 saturated heterocycles. The number of carbonyl (C=O) groups is 2. The number of hydrogen-bond donors (Lipinski definition) is 0. The molecule has 5 aromatic rings. The first-order valence-electron chi connectivity index (χ1n) is 12.5. The minimum absolute atomic E-state index is 0.00809. The Balaban J connectivity index is 1.49. The molecule has 1 aromatic heterocycles. The van der Waals surface area contributed by atoms with Crippen molar-refractivity contribution in [1.82, 2.24) is 4.57 Å². The lowest BCUT2D eigenvalue weighted by Crippen LogP contribution is -2.56. The number of thiocarbonyl (C=S) groups is 1. The zero-order valence-corrected chi connectivity index (χ0v) is 23.3. The van der Waals surface area contributed by atoms with Crippen molar-refractivity contribution in [3.63, 3.8) is 0 Å². The van der Waals surface area contributed by atoms with Crippen LogP contribution in [-0.4, -0.2) is 21.5 Å². The van der Waals surface area contributed by atoms with Gasteiger partial charge in [0, 0.05) is 39.3 Å². The largest absolute Gasteiger partial charge is 0.342 e. The van der Waals surface area contributed by atoms with Crippen molar-refractivity contribution in [1.29, 1.82) is 0 Å². The standard InChI is InChI=1S/C32H21Cl2N3O2S/c33-23-16-15-21(28(34)18-23)19-35-20-22(26-13-7-8-14-29(26)35)17-27-30(38)36(24-9-3-1-4-10-24)32(40)37(31(27)39)25-11-5-2-6-12-25/h1-18,20H,19H2. The van der Waals surface area contributed by atoms with E-state index in [1.165, 1.54) is 9.80 Å². The summed E-state index contributed by atoms with van der Waals surface area (Å²) in [6.45, 7) is 0.484. The van der Waals surface area contributed by atoms with Gasteiger partial charge in [-0.3, -0.25) is 19.4 Å². The molecule has 6 rings (SSSR count). The predicted octanol–water partition coefficient (Wildman–Crippen LogP) is 7.74. The van der Waals surface area contributed by atoms with Crippen LogP contribution >= 0.6 is 35.4 Å². The number of amides is 2. The summed E-state index contributed by atoms with van der Waals surface area (Å²) in [5, 5.41) is 2.12. The second-order valence-electron chi connectivity index (χ2n) is 9.26. The Kier molecular flexibility index (Phi) is 6.98. The molecule has 196 valence electrons. The summed E-state index contributed by atoms with van der Waals surface area (Å²) in [5.41, 5.74) is 3.73. The van der Waals surface area contributed by atoms with E-state index in [2.05, 4.69) is 0 Å².